The molecule has 0 unspecified atom stereocenters. The Hall–Kier alpha value is -1.45. The molecular weight excluding hydrogens is 235 g/mol. The van der Waals surface area contributed by atoms with Gasteiger partial charge in [0.15, 0.2) is 11.5 Å². The van der Waals surface area contributed by atoms with Crippen molar-refractivity contribution in [1.29, 1.82) is 0 Å². The van der Waals surface area contributed by atoms with Crippen LogP contribution in [0.1, 0.15) is 32.1 Å². The second kappa shape index (κ2) is 5.04. The fourth-order valence-electron chi connectivity index (χ4n) is 2.52. The van der Waals surface area contributed by atoms with E-state index in [-0.39, 0.29) is 17.6 Å². The highest BCUT2D eigenvalue weighted by Crippen LogP contribution is 2.38. The summed E-state index contributed by atoms with van der Waals surface area (Å²) in [5.74, 6) is 0.508. The number of ether oxygens (including phenoxy) is 3. The van der Waals surface area contributed by atoms with Gasteiger partial charge < -0.3 is 14.2 Å². The van der Waals surface area contributed by atoms with Crippen molar-refractivity contribution in [3.63, 3.8) is 0 Å². The second-order valence-corrected chi connectivity index (χ2v) is 4.78. The molecule has 0 radical (unpaired) electrons. The predicted octanol–water partition coefficient (Wildman–Crippen LogP) is 3.31. The van der Waals surface area contributed by atoms with E-state index in [0.717, 1.165) is 25.7 Å². The number of hydrogen-bond acceptors (Lipinski definition) is 3. The van der Waals surface area contributed by atoms with E-state index in [9.17, 15) is 4.39 Å². The van der Waals surface area contributed by atoms with Crippen LogP contribution in [0.4, 0.5) is 4.39 Å². The van der Waals surface area contributed by atoms with Crippen LogP contribution in [0.15, 0.2) is 12.1 Å². The normalized spacial score (nSPS) is 19.6. The minimum Gasteiger partial charge on any atom is -0.487 e. The lowest BCUT2D eigenvalue weighted by Gasteiger charge is -2.25. The Kier molecular flexibility index (Phi) is 3.26. The third-order valence-electron chi connectivity index (χ3n) is 3.46. The zero-order valence-electron chi connectivity index (χ0n) is 10.3. The summed E-state index contributed by atoms with van der Waals surface area (Å²) < 4.78 is 30.6. The van der Waals surface area contributed by atoms with E-state index < -0.39 is 5.82 Å². The lowest BCUT2D eigenvalue weighted by Crippen LogP contribution is -2.21. The molecule has 0 saturated heterocycles. The van der Waals surface area contributed by atoms with Gasteiger partial charge in [-0.2, -0.15) is 4.39 Å². The topological polar surface area (TPSA) is 27.7 Å². The van der Waals surface area contributed by atoms with Gasteiger partial charge in [0.2, 0.25) is 11.6 Å². The van der Waals surface area contributed by atoms with E-state index in [1.54, 1.807) is 12.1 Å². The maximum absolute atomic E-state index is 14.2. The van der Waals surface area contributed by atoms with Crippen molar-refractivity contribution >= 4 is 0 Å². The van der Waals surface area contributed by atoms with Crippen molar-refractivity contribution < 1.29 is 18.6 Å². The molecule has 98 valence electrons. The molecule has 1 fully saturated rings. The Morgan fingerprint density at radius 3 is 2.67 bits per heavy atom. The molecule has 0 spiro atoms. The molecule has 2 aliphatic rings. The first-order valence-corrected chi connectivity index (χ1v) is 6.59. The summed E-state index contributed by atoms with van der Waals surface area (Å²) in [6, 6.07) is 3.35. The van der Waals surface area contributed by atoms with Crippen molar-refractivity contribution in [3.05, 3.63) is 17.9 Å². The summed E-state index contributed by atoms with van der Waals surface area (Å²) in [5.41, 5.74) is 0. The van der Waals surface area contributed by atoms with Crippen LogP contribution in [-0.4, -0.2) is 19.3 Å². The van der Waals surface area contributed by atoms with Gasteiger partial charge in [-0.1, -0.05) is 6.42 Å². The van der Waals surface area contributed by atoms with Crippen LogP contribution in [-0.2, 0) is 0 Å². The molecule has 3 rings (SSSR count). The molecule has 4 heteroatoms. The summed E-state index contributed by atoms with van der Waals surface area (Å²) in [5, 5.41) is 0. The number of fused-ring (bicyclic) bond motifs is 1. The first-order valence-electron chi connectivity index (χ1n) is 6.59. The molecule has 1 aliphatic carbocycles. The Bertz CT molecular complexity index is 427. The second-order valence-electron chi connectivity index (χ2n) is 4.78. The largest absolute Gasteiger partial charge is 0.487 e. The van der Waals surface area contributed by atoms with Crippen LogP contribution < -0.4 is 14.2 Å². The van der Waals surface area contributed by atoms with Crippen molar-refractivity contribution in [2.45, 2.75) is 38.2 Å². The van der Waals surface area contributed by atoms with Crippen LogP contribution in [0, 0.1) is 5.82 Å². The van der Waals surface area contributed by atoms with E-state index in [1.165, 1.54) is 6.42 Å². The quantitative estimate of drug-likeness (QED) is 0.808. The smallest absolute Gasteiger partial charge is 0.210 e. The number of benzene rings is 1. The SMILES string of the molecule is Fc1c(OC2CCCCC2)ccc2c1OCCO2. The van der Waals surface area contributed by atoms with Crippen LogP contribution in [0.5, 0.6) is 17.2 Å². The average Bonchev–Trinajstić information content (AvgIpc) is 2.43. The minimum absolute atomic E-state index is 0.135. The first-order chi connectivity index (χ1) is 8.84. The Morgan fingerprint density at radius 1 is 1.06 bits per heavy atom. The summed E-state index contributed by atoms with van der Waals surface area (Å²) >= 11 is 0. The van der Waals surface area contributed by atoms with Crippen LogP contribution in [0.25, 0.3) is 0 Å². The molecule has 0 N–H and O–H groups in total. The zero-order chi connectivity index (χ0) is 12.4. The van der Waals surface area contributed by atoms with Crippen molar-refractivity contribution in [1.82, 2.24) is 0 Å². The molecule has 1 heterocycles. The predicted molar refractivity (Wildman–Crippen MR) is 64.9 cm³/mol. The zero-order valence-corrected chi connectivity index (χ0v) is 10.3. The van der Waals surface area contributed by atoms with E-state index in [4.69, 9.17) is 14.2 Å². The van der Waals surface area contributed by atoms with Gasteiger partial charge in [-0.05, 0) is 37.8 Å². The van der Waals surface area contributed by atoms with Crippen molar-refractivity contribution in [3.8, 4) is 17.2 Å². The third kappa shape index (κ3) is 2.24. The number of rotatable bonds is 2. The summed E-state index contributed by atoms with van der Waals surface area (Å²) in [6.45, 7) is 0.853. The van der Waals surface area contributed by atoms with Crippen molar-refractivity contribution in [2.24, 2.45) is 0 Å². The highest BCUT2D eigenvalue weighted by Gasteiger charge is 2.23. The van der Waals surface area contributed by atoms with E-state index in [0.29, 0.717) is 19.0 Å². The van der Waals surface area contributed by atoms with Gasteiger partial charge in [0.1, 0.15) is 13.2 Å². The van der Waals surface area contributed by atoms with Crippen LogP contribution in [0.2, 0.25) is 0 Å². The molecule has 3 nitrogen and oxygen atoms in total. The van der Waals surface area contributed by atoms with Crippen LogP contribution >= 0.6 is 0 Å². The fraction of sp³-hybridized carbons (Fsp3) is 0.571. The molecule has 1 aromatic rings. The first kappa shape index (κ1) is 11.6. The molecule has 0 amide bonds. The summed E-state index contributed by atoms with van der Waals surface area (Å²) in [7, 11) is 0. The summed E-state index contributed by atoms with van der Waals surface area (Å²) in [4.78, 5) is 0. The van der Waals surface area contributed by atoms with Crippen LogP contribution in [0.3, 0.4) is 0 Å². The van der Waals surface area contributed by atoms with E-state index in [2.05, 4.69) is 0 Å². The lowest BCUT2D eigenvalue weighted by molar-refractivity contribution is 0.137. The number of halogens is 1. The third-order valence-corrected chi connectivity index (χ3v) is 3.46. The van der Waals surface area contributed by atoms with Gasteiger partial charge in [-0.3, -0.25) is 0 Å². The lowest BCUT2D eigenvalue weighted by atomic mass is 9.98. The molecule has 1 aliphatic heterocycles. The maximum Gasteiger partial charge on any atom is 0.210 e. The molecule has 1 saturated carbocycles. The molecule has 0 aromatic heterocycles. The summed E-state index contributed by atoms with van der Waals surface area (Å²) in [6.07, 6.45) is 5.73. The van der Waals surface area contributed by atoms with Gasteiger partial charge in [0, 0.05) is 0 Å². The van der Waals surface area contributed by atoms with Gasteiger partial charge >= 0.3 is 0 Å². The van der Waals surface area contributed by atoms with E-state index >= 15 is 0 Å². The molecule has 0 bridgehead atoms. The standard InChI is InChI=1S/C14H17FO3/c15-13-11(18-10-4-2-1-3-5-10)6-7-12-14(13)17-9-8-16-12/h6-7,10H,1-5,8-9H2. The number of hydrogen-bond donors (Lipinski definition) is 0. The van der Waals surface area contributed by atoms with Crippen molar-refractivity contribution in [2.75, 3.05) is 13.2 Å². The molecular formula is C14H17FO3. The van der Waals surface area contributed by atoms with Gasteiger partial charge in [0.05, 0.1) is 6.10 Å². The highest BCUT2D eigenvalue weighted by atomic mass is 19.1. The molecule has 18 heavy (non-hydrogen) atoms. The Labute approximate surface area is 106 Å². The maximum atomic E-state index is 14.2. The van der Waals surface area contributed by atoms with E-state index in [1.807, 2.05) is 0 Å². The monoisotopic (exact) mass is 252 g/mol. The van der Waals surface area contributed by atoms with Gasteiger partial charge in [-0.15, -0.1) is 0 Å². The van der Waals surface area contributed by atoms with Gasteiger partial charge in [0.25, 0.3) is 0 Å². The Morgan fingerprint density at radius 2 is 1.83 bits per heavy atom. The Balaban J connectivity index is 1.79. The molecule has 1 aromatic carbocycles. The minimum atomic E-state index is -0.433. The van der Waals surface area contributed by atoms with Gasteiger partial charge in [-0.25, -0.2) is 0 Å². The highest BCUT2D eigenvalue weighted by molar-refractivity contribution is 5.48. The fourth-order valence-corrected chi connectivity index (χ4v) is 2.52. The molecule has 0 atom stereocenters. The average molecular weight is 252 g/mol.